The largest absolute Gasteiger partial charge is 0.342 e. The average Bonchev–Trinajstić information content (AvgIpc) is 3.22. The number of likely N-dealkylation sites (tertiary alicyclic amines) is 1. The molecule has 1 unspecified atom stereocenters. The van der Waals surface area contributed by atoms with Gasteiger partial charge in [0.05, 0.1) is 23.1 Å². The predicted molar refractivity (Wildman–Crippen MR) is 101 cm³/mol. The van der Waals surface area contributed by atoms with E-state index in [0.29, 0.717) is 18.9 Å². The number of nitrogens with zero attached hydrogens (tertiary/aromatic N) is 5. The molecule has 4 rings (SSSR count). The van der Waals surface area contributed by atoms with Crippen LogP contribution in [-0.2, 0) is 18.4 Å². The number of benzene rings is 1. The second kappa shape index (κ2) is 6.94. The minimum atomic E-state index is 0.221. The molecule has 1 atom stereocenters. The molecule has 0 saturated carbocycles. The summed E-state index contributed by atoms with van der Waals surface area (Å²) in [5, 5.41) is 0. The molecule has 2 aromatic heterocycles. The van der Waals surface area contributed by atoms with Gasteiger partial charge in [-0.2, -0.15) is 0 Å². The van der Waals surface area contributed by atoms with Crippen molar-refractivity contribution in [1.29, 1.82) is 0 Å². The molecule has 136 valence electrons. The maximum atomic E-state index is 12.8. The van der Waals surface area contributed by atoms with Crippen LogP contribution < -0.4 is 0 Å². The summed E-state index contributed by atoms with van der Waals surface area (Å²) < 4.78 is 4.17. The number of piperidine rings is 1. The van der Waals surface area contributed by atoms with E-state index in [-0.39, 0.29) is 5.91 Å². The Morgan fingerprint density at radius 2 is 2.15 bits per heavy atom. The molecular weight excluding hydrogens is 326 g/mol. The van der Waals surface area contributed by atoms with E-state index in [2.05, 4.69) is 25.3 Å². The molecule has 3 aromatic rings. The number of fused-ring (bicyclic) bond motifs is 1. The van der Waals surface area contributed by atoms with E-state index in [1.807, 2.05) is 49.5 Å². The van der Waals surface area contributed by atoms with Gasteiger partial charge < -0.3 is 14.0 Å². The Balaban J connectivity index is 1.40. The zero-order valence-corrected chi connectivity index (χ0v) is 15.4. The van der Waals surface area contributed by atoms with Gasteiger partial charge in [-0.1, -0.05) is 12.1 Å². The standard InChI is InChI=1S/C20H25N5O/c1-15-12-23(2)20(22-15)16-6-5-10-24(13-16)19(26)9-11-25-14-21-17-7-3-4-8-18(17)25/h3-4,7-8,12,14,16H,5-6,9-11,13H2,1-2H3. The minimum absolute atomic E-state index is 0.221. The monoisotopic (exact) mass is 351 g/mol. The van der Waals surface area contributed by atoms with Crippen LogP contribution in [0.3, 0.4) is 0 Å². The Morgan fingerprint density at radius 3 is 2.96 bits per heavy atom. The molecule has 0 bridgehead atoms. The Hall–Kier alpha value is -2.63. The fourth-order valence-corrected chi connectivity index (χ4v) is 3.99. The topological polar surface area (TPSA) is 56.0 Å². The normalized spacial score (nSPS) is 17.8. The van der Waals surface area contributed by atoms with Gasteiger partial charge in [-0.25, -0.2) is 9.97 Å². The lowest BCUT2D eigenvalue weighted by atomic mass is 9.97. The number of carbonyl (C=O) groups excluding carboxylic acids is 1. The van der Waals surface area contributed by atoms with Crippen molar-refractivity contribution in [2.45, 2.75) is 38.6 Å². The lowest BCUT2D eigenvalue weighted by molar-refractivity contribution is -0.132. The number of rotatable bonds is 4. The van der Waals surface area contributed by atoms with Crippen LogP contribution in [0, 0.1) is 6.92 Å². The van der Waals surface area contributed by atoms with E-state index in [0.717, 1.165) is 48.5 Å². The molecule has 0 aliphatic carbocycles. The summed E-state index contributed by atoms with van der Waals surface area (Å²) in [6.07, 6.45) is 6.52. The molecule has 0 N–H and O–H groups in total. The molecule has 26 heavy (non-hydrogen) atoms. The van der Waals surface area contributed by atoms with Crippen LogP contribution in [0.4, 0.5) is 0 Å². The number of aromatic nitrogens is 4. The first-order valence-electron chi connectivity index (χ1n) is 9.29. The van der Waals surface area contributed by atoms with Crippen molar-refractivity contribution < 1.29 is 4.79 Å². The maximum absolute atomic E-state index is 12.8. The van der Waals surface area contributed by atoms with Gasteiger partial charge in [-0.15, -0.1) is 0 Å². The lowest BCUT2D eigenvalue weighted by Crippen LogP contribution is -2.40. The third kappa shape index (κ3) is 3.23. The summed E-state index contributed by atoms with van der Waals surface area (Å²) in [7, 11) is 2.04. The van der Waals surface area contributed by atoms with Crippen molar-refractivity contribution in [3.8, 4) is 0 Å². The highest BCUT2D eigenvalue weighted by Gasteiger charge is 2.27. The summed E-state index contributed by atoms with van der Waals surface area (Å²) in [6, 6.07) is 8.04. The van der Waals surface area contributed by atoms with Crippen LogP contribution in [-0.4, -0.2) is 43.0 Å². The highest BCUT2D eigenvalue weighted by atomic mass is 16.2. The summed E-state index contributed by atoms with van der Waals surface area (Å²) in [4.78, 5) is 23.8. The molecule has 1 aromatic carbocycles. The van der Waals surface area contributed by atoms with Crippen LogP contribution in [0.1, 0.15) is 36.7 Å². The highest BCUT2D eigenvalue weighted by molar-refractivity contribution is 5.77. The first-order chi connectivity index (χ1) is 12.6. The van der Waals surface area contributed by atoms with Gasteiger partial charge in [-0.3, -0.25) is 4.79 Å². The number of hydrogen-bond donors (Lipinski definition) is 0. The van der Waals surface area contributed by atoms with Crippen molar-refractivity contribution in [2.24, 2.45) is 7.05 Å². The molecule has 1 aliphatic heterocycles. The van der Waals surface area contributed by atoms with Crippen molar-refractivity contribution in [3.05, 3.63) is 48.3 Å². The summed E-state index contributed by atoms with van der Waals surface area (Å²) >= 11 is 0. The number of amides is 1. The maximum Gasteiger partial charge on any atom is 0.224 e. The number of aryl methyl sites for hydroxylation is 3. The third-order valence-electron chi connectivity index (χ3n) is 5.27. The van der Waals surface area contributed by atoms with Gasteiger partial charge >= 0.3 is 0 Å². The second-order valence-corrected chi connectivity index (χ2v) is 7.21. The molecule has 3 heterocycles. The molecule has 1 aliphatic rings. The second-order valence-electron chi connectivity index (χ2n) is 7.21. The van der Waals surface area contributed by atoms with E-state index < -0.39 is 0 Å². The smallest absolute Gasteiger partial charge is 0.224 e. The SMILES string of the molecule is Cc1cn(C)c(C2CCCN(C(=O)CCn3cnc4ccccc43)C2)n1. The highest BCUT2D eigenvalue weighted by Crippen LogP contribution is 2.26. The van der Waals surface area contributed by atoms with Crippen molar-refractivity contribution in [2.75, 3.05) is 13.1 Å². The molecule has 6 heteroatoms. The zero-order chi connectivity index (χ0) is 18.1. The van der Waals surface area contributed by atoms with E-state index >= 15 is 0 Å². The van der Waals surface area contributed by atoms with Gasteiger partial charge in [0.2, 0.25) is 5.91 Å². The summed E-state index contributed by atoms with van der Waals surface area (Å²) in [5.41, 5.74) is 3.10. The van der Waals surface area contributed by atoms with Crippen LogP contribution >= 0.6 is 0 Å². The summed E-state index contributed by atoms with van der Waals surface area (Å²) in [5.74, 6) is 1.65. The Kier molecular flexibility index (Phi) is 4.49. The molecule has 1 amide bonds. The number of imidazole rings is 2. The van der Waals surface area contributed by atoms with Crippen molar-refractivity contribution in [3.63, 3.8) is 0 Å². The van der Waals surface area contributed by atoms with Gasteiger partial charge in [0.25, 0.3) is 0 Å². The molecule has 0 radical (unpaired) electrons. The van der Waals surface area contributed by atoms with E-state index in [1.165, 1.54) is 0 Å². The number of hydrogen-bond acceptors (Lipinski definition) is 3. The Morgan fingerprint density at radius 1 is 1.31 bits per heavy atom. The quantitative estimate of drug-likeness (QED) is 0.726. The van der Waals surface area contributed by atoms with Crippen LogP contribution in [0.25, 0.3) is 11.0 Å². The Labute approximate surface area is 153 Å². The van der Waals surface area contributed by atoms with Crippen LogP contribution in [0.5, 0.6) is 0 Å². The fraction of sp³-hybridized carbons (Fsp3) is 0.450. The molecule has 6 nitrogen and oxygen atoms in total. The number of carbonyl (C=O) groups is 1. The fourth-order valence-electron chi connectivity index (χ4n) is 3.99. The van der Waals surface area contributed by atoms with Gasteiger partial charge in [0.15, 0.2) is 0 Å². The molecule has 1 saturated heterocycles. The average molecular weight is 351 g/mol. The first kappa shape index (κ1) is 16.8. The van der Waals surface area contributed by atoms with Gasteiger partial charge in [0, 0.05) is 45.2 Å². The van der Waals surface area contributed by atoms with E-state index in [4.69, 9.17) is 0 Å². The molecule has 1 fully saturated rings. The van der Waals surface area contributed by atoms with Gasteiger partial charge in [-0.05, 0) is 31.9 Å². The van der Waals surface area contributed by atoms with E-state index in [1.54, 1.807) is 0 Å². The van der Waals surface area contributed by atoms with Crippen LogP contribution in [0.2, 0.25) is 0 Å². The predicted octanol–water partition coefficient (Wildman–Crippen LogP) is 2.87. The lowest BCUT2D eigenvalue weighted by Gasteiger charge is -2.32. The Bertz CT molecular complexity index is 925. The zero-order valence-electron chi connectivity index (χ0n) is 15.4. The number of para-hydroxylation sites is 2. The van der Waals surface area contributed by atoms with Gasteiger partial charge in [0.1, 0.15) is 5.82 Å². The molecule has 0 spiro atoms. The summed E-state index contributed by atoms with van der Waals surface area (Å²) in [6.45, 7) is 4.31. The van der Waals surface area contributed by atoms with E-state index in [9.17, 15) is 4.79 Å². The van der Waals surface area contributed by atoms with Crippen LogP contribution in [0.15, 0.2) is 36.8 Å². The first-order valence-corrected chi connectivity index (χ1v) is 9.29. The third-order valence-corrected chi connectivity index (χ3v) is 5.27. The molecular formula is C20H25N5O. The van der Waals surface area contributed by atoms with Crippen molar-refractivity contribution in [1.82, 2.24) is 24.0 Å². The van der Waals surface area contributed by atoms with Crippen molar-refractivity contribution >= 4 is 16.9 Å². The minimum Gasteiger partial charge on any atom is -0.342 e.